The van der Waals surface area contributed by atoms with Crippen molar-refractivity contribution in [3.05, 3.63) is 29.6 Å². The van der Waals surface area contributed by atoms with Crippen LogP contribution in [-0.4, -0.2) is 16.6 Å². The maximum Gasteiger partial charge on any atom is 0.103 e. The maximum absolute atomic E-state index is 10.8. The van der Waals surface area contributed by atoms with Gasteiger partial charge in [-0.05, 0) is 37.3 Å². The zero-order chi connectivity index (χ0) is 13.9. The molecule has 1 fully saturated rings. The summed E-state index contributed by atoms with van der Waals surface area (Å²) in [7, 11) is 0. The minimum atomic E-state index is -0.535. The van der Waals surface area contributed by atoms with E-state index in [1.54, 1.807) is 0 Å². The van der Waals surface area contributed by atoms with E-state index in [0.717, 1.165) is 24.1 Å². The average molecular weight is 262 g/mol. The summed E-state index contributed by atoms with van der Waals surface area (Å²) in [6, 6.07) is 3.95. The second-order valence-electron chi connectivity index (χ2n) is 6.10. The summed E-state index contributed by atoms with van der Waals surface area (Å²) < 4.78 is 0. The van der Waals surface area contributed by atoms with Gasteiger partial charge in [0.15, 0.2) is 0 Å². The van der Waals surface area contributed by atoms with E-state index in [2.05, 4.69) is 11.9 Å². The Balaban J connectivity index is 2.22. The SMILES string of the molecule is CCC1CCCC(CN)(C(O)c2ccc(C)cn2)C1. The Hall–Kier alpha value is -0.930. The summed E-state index contributed by atoms with van der Waals surface area (Å²) in [6.45, 7) is 4.78. The van der Waals surface area contributed by atoms with Gasteiger partial charge in [-0.3, -0.25) is 4.98 Å². The predicted octanol–water partition coefficient (Wildman–Crippen LogP) is 2.97. The van der Waals surface area contributed by atoms with Gasteiger partial charge in [-0.15, -0.1) is 0 Å². The lowest BCUT2D eigenvalue weighted by Crippen LogP contribution is -2.41. The quantitative estimate of drug-likeness (QED) is 0.877. The first-order valence-electron chi connectivity index (χ1n) is 7.42. The molecule has 3 nitrogen and oxygen atoms in total. The van der Waals surface area contributed by atoms with Crippen molar-refractivity contribution in [2.24, 2.45) is 17.1 Å². The van der Waals surface area contributed by atoms with E-state index < -0.39 is 6.10 Å². The minimum absolute atomic E-state index is 0.179. The average Bonchev–Trinajstić information content (AvgIpc) is 2.47. The van der Waals surface area contributed by atoms with Gasteiger partial charge in [0.25, 0.3) is 0 Å². The molecule has 1 saturated carbocycles. The molecule has 19 heavy (non-hydrogen) atoms. The van der Waals surface area contributed by atoms with Gasteiger partial charge in [0.1, 0.15) is 6.10 Å². The van der Waals surface area contributed by atoms with Crippen LogP contribution in [-0.2, 0) is 0 Å². The van der Waals surface area contributed by atoms with Gasteiger partial charge in [-0.2, -0.15) is 0 Å². The Bertz CT molecular complexity index is 404. The molecule has 1 heterocycles. The number of hydrogen-bond donors (Lipinski definition) is 2. The van der Waals surface area contributed by atoms with Crippen LogP contribution < -0.4 is 5.73 Å². The number of pyridine rings is 1. The fourth-order valence-corrected chi connectivity index (χ4v) is 3.37. The number of rotatable bonds is 4. The molecule has 0 aliphatic heterocycles. The highest BCUT2D eigenvalue weighted by Gasteiger charge is 2.41. The van der Waals surface area contributed by atoms with Crippen LogP contribution in [0.3, 0.4) is 0 Å². The molecule has 1 aromatic rings. The van der Waals surface area contributed by atoms with Crippen LogP contribution in [0.1, 0.15) is 56.4 Å². The van der Waals surface area contributed by atoms with Crippen LogP contribution in [0.25, 0.3) is 0 Å². The Morgan fingerprint density at radius 3 is 2.89 bits per heavy atom. The Labute approximate surface area is 116 Å². The Morgan fingerprint density at radius 2 is 2.32 bits per heavy atom. The van der Waals surface area contributed by atoms with E-state index in [9.17, 15) is 5.11 Å². The van der Waals surface area contributed by atoms with Crippen LogP contribution in [0.4, 0.5) is 0 Å². The summed E-state index contributed by atoms with van der Waals surface area (Å²) in [4.78, 5) is 4.39. The van der Waals surface area contributed by atoms with Gasteiger partial charge in [0.05, 0.1) is 5.69 Å². The fourth-order valence-electron chi connectivity index (χ4n) is 3.37. The fraction of sp³-hybridized carbons (Fsp3) is 0.688. The monoisotopic (exact) mass is 262 g/mol. The zero-order valence-corrected chi connectivity index (χ0v) is 12.1. The highest BCUT2D eigenvalue weighted by atomic mass is 16.3. The highest BCUT2D eigenvalue weighted by Crippen LogP contribution is 2.47. The molecule has 0 spiro atoms. The van der Waals surface area contributed by atoms with Crippen LogP contribution in [0.5, 0.6) is 0 Å². The van der Waals surface area contributed by atoms with Crippen molar-refractivity contribution in [2.75, 3.05) is 6.54 Å². The molecule has 106 valence electrons. The molecule has 3 heteroatoms. The van der Waals surface area contributed by atoms with Gasteiger partial charge in [-0.25, -0.2) is 0 Å². The Kier molecular flexibility index (Phi) is 4.58. The van der Waals surface area contributed by atoms with Gasteiger partial charge in [-0.1, -0.05) is 32.3 Å². The maximum atomic E-state index is 10.8. The lowest BCUT2D eigenvalue weighted by Gasteiger charge is -2.43. The van der Waals surface area contributed by atoms with Crippen LogP contribution in [0.2, 0.25) is 0 Å². The first kappa shape index (κ1) is 14.5. The number of aryl methyl sites for hydroxylation is 1. The summed E-state index contributed by atoms with van der Waals surface area (Å²) in [5.74, 6) is 0.692. The molecular weight excluding hydrogens is 236 g/mol. The first-order valence-corrected chi connectivity index (χ1v) is 7.42. The number of aromatic nitrogens is 1. The number of nitrogens with zero attached hydrogens (tertiary/aromatic N) is 1. The third kappa shape index (κ3) is 2.98. The first-order chi connectivity index (χ1) is 9.11. The van der Waals surface area contributed by atoms with Gasteiger partial charge >= 0.3 is 0 Å². The van der Waals surface area contributed by atoms with E-state index in [-0.39, 0.29) is 5.41 Å². The molecule has 3 unspecified atom stereocenters. The largest absolute Gasteiger partial charge is 0.386 e. The Morgan fingerprint density at radius 1 is 1.53 bits per heavy atom. The molecule has 3 N–H and O–H groups in total. The predicted molar refractivity (Wildman–Crippen MR) is 77.7 cm³/mol. The van der Waals surface area contributed by atoms with Crippen molar-refractivity contribution in [3.63, 3.8) is 0 Å². The van der Waals surface area contributed by atoms with E-state index in [0.29, 0.717) is 12.5 Å². The molecule has 0 radical (unpaired) electrons. The van der Waals surface area contributed by atoms with Crippen LogP contribution in [0.15, 0.2) is 18.3 Å². The second kappa shape index (κ2) is 6.02. The lowest BCUT2D eigenvalue weighted by molar-refractivity contribution is -0.0187. The highest BCUT2D eigenvalue weighted by molar-refractivity contribution is 5.16. The lowest BCUT2D eigenvalue weighted by atomic mass is 9.65. The number of nitrogens with two attached hydrogens (primary N) is 1. The van der Waals surface area contributed by atoms with Crippen molar-refractivity contribution in [1.29, 1.82) is 0 Å². The summed E-state index contributed by atoms with van der Waals surface area (Å²) in [5.41, 5.74) is 7.75. The summed E-state index contributed by atoms with van der Waals surface area (Å²) in [5, 5.41) is 10.8. The van der Waals surface area contributed by atoms with E-state index >= 15 is 0 Å². The van der Waals surface area contributed by atoms with Crippen molar-refractivity contribution in [1.82, 2.24) is 4.98 Å². The van der Waals surface area contributed by atoms with Crippen molar-refractivity contribution >= 4 is 0 Å². The topological polar surface area (TPSA) is 59.1 Å². The van der Waals surface area contributed by atoms with Crippen LogP contribution in [0, 0.1) is 18.3 Å². The molecule has 3 atom stereocenters. The standard InChI is InChI=1S/C16H26N2O/c1-3-13-5-4-8-16(9-13,11-17)15(19)14-7-6-12(2)10-18-14/h6-7,10,13,15,19H,3-5,8-9,11,17H2,1-2H3. The summed E-state index contributed by atoms with van der Waals surface area (Å²) in [6.07, 6.45) is 6.93. The van der Waals surface area contributed by atoms with Gasteiger partial charge < -0.3 is 10.8 Å². The molecule has 1 aliphatic carbocycles. The third-order valence-corrected chi connectivity index (χ3v) is 4.76. The van der Waals surface area contributed by atoms with E-state index in [4.69, 9.17) is 5.73 Å². The number of aliphatic hydroxyl groups excluding tert-OH is 1. The molecule has 0 saturated heterocycles. The van der Waals surface area contributed by atoms with Gasteiger partial charge in [0, 0.05) is 18.2 Å². The van der Waals surface area contributed by atoms with Gasteiger partial charge in [0.2, 0.25) is 0 Å². The minimum Gasteiger partial charge on any atom is -0.386 e. The molecule has 0 bridgehead atoms. The van der Waals surface area contributed by atoms with Crippen molar-refractivity contribution in [2.45, 2.75) is 52.1 Å². The van der Waals surface area contributed by atoms with Crippen molar-refractivity contribution in [3.8, 4) is 0 Å². The molecule has 1 aliphatic rings. The number of hydrogen-bond acceptors (Lipinski definition) is 3. The summed E-state index contributed by atoms with van der Waals surface area (Å²) >= 11 is 0. The van der Waals surface area contributed by atoms with E-state index in [1.807, 2.05) is 25.3 Å². The molecule has 1 aromatic heterocycles. The molecule has 2 rings (SSSR count). The number of aliphatic hydroxyl groups is 1. The molecular formula is C16H26N2O. The van der Waals surface area contributed by atoms with E-state index in [1.165, 1.54) is 19.3 Å². The molecule has 0 amide bonds. The third-order valence-electron chi connectivity index (χ3n) is 4.76. The molecule has 0 aromatic carbocycles. The smallest absolute Gasteiger partial charge is 0.103 e. The van der Waals surface area contributed by atoms with Crippen LogP contribution >= 0.6 is 0 Å². The normalized spacial score (nSPS) is 29.2. The van der Waals surface area contributed by atoms with Crippen molar-refractivity contribution < 1.29 is 5.11 Å². The zero-order valence-electron chi connectivity index (χ0n) is 12.1. The second-order valence-corrected chi connectivity index (χ2v) is 6.10.